The van der Waals surface area contributed by atoms with Crippen molar-refractivity contribution in [3.8, 4) is 0 Å². The molecule has 166 valence electrons. The van der Waals surface area contributed by atoms with Crippen LogP contribution >= 0.6 is 0 Å². The fraction of sp³-hybridized carbons (Fsp3) is 0.316. The first-order chi connectivity index (χ1) is 14.5. The van der Waals surface area contributed by atoms with Crippen molar-refractivity contribution < 1.29 is 18.3 Å². The molecule has 0 aliphatic carbocycles. The van der Waals surface area contributed by atoms with E-state index in [0.717, 1.165) is 6.07 Å². The van der Waals surface area contributed by atoms with Gasteiger partial charge in [0.15, 0.2) is 0 Å². The number of hydrogen-bond donors (Lipinski definition) is 1. The number of rotatable bonds is 9. The summed E-state index contributed by atoms with van der Waals surface area (Å²) in [6, 6.07) is 8.12. The van der Waals surface area contributed by atoms with Gasteiger partial charge in [-0.15, -0.1) is 0 Å². The second kappa shape index (κ2) is 9.62. The number of anilines is 1. The van der Waals surface area contributed by atoms with E-state index in [1.54, 1.807) is 39.8 Å². The summed E-state index contributed by atoms with van der Waals surface area (Å²) in [5, 5.41) is 26.7. The van der Waals surface area contributed by atoms with Crippen molar-refractivity contribution >= 4 is 32.8 Å². The highest BCUT2D eigenvalue weighted by atomic mass is 32.2. The SMILES string of the molecule is CCN(CC)S(=O)(=O)c1ccc(N/N=C(/C)c2ccc(C)c([N+](=O)[O-])c2)c([N+](=O)[O-])c1. The Bertz CT molecular complexity index is 1140. The van der Waals surface area contributed by atoms with Crippen LogP contribution in [0.1, 0.15) is 31.9 Å². The van der Waals surface area contributed by atoms with Crippen LogP contribution in [0.5, 0.6) is 0 Å². The van der Waals surface area contributed by atoms with E-state index in [9.17, 15) is 28.6 Å². The first-order valence-corrected chi connectivity index (χ1v) is 10.8. The molecule has 0 spiro atoms. The van der Waals surface area contributed by atoms with Gasteiger partial charge in [0.25, 0.3) is 11.4 Å². The topological polar surface area (TPSA) is 148 Å². The molecule has 0 radical (unpaired) electrons. The molecule has 0 saturated carbocycles. The summed E-state index contributed by atoms with van der Waals surface area (Å²) in [6.45, 7) is 7.03. The van der Waals surface area contributed by atoms with Gasteiger partial charge in [-0.05, 0) is 26.0 Å². The number of sulfonamides is 1. The highest BCUT2D eigenvalue weighted by molar-refractivity contribution is 7.89. The molecule has 0 aliphatic rings. The van der Waals surface area contributed by atoms with Crippen LogP contribution in [0.4, 0.5) is 17.1 Å². The number of nitrogens with zero attached hydrogens (tertiary/aromatic N) is 4. The standard InChI is InChI=1S/C19H23N5O6S/c1-5-22(6-2)31(29,30)16-9-10-17(19(12-16)24(27)28)21-20-14(4)15-8-7-13(3)18(11-15)23(25)26/h7-12,21H,5-6H2,1-4H3/b20-14-. The lowest BCUT2D eigenvalue weighted by molar-refractivity contribution is -0.385. The van der Waals surface area contributed by atoms with Crippen LogP contribution < -0.4 is 5.43 Å². The van der Waals surface area contributed by atoms with Crippen LogP contribution in [0.2, 0.25) is 0 Å². The number of nitro groups is 2. The Balaban J connectivity index is 2.41. The van der Waals surface area contributed by atoms with E-state index >= 15 is 0 Å². The summed E-state index contributed by atoms with van der Waals surface area (Å²) in [5.41, 5.74) is 3.35. The van der Waals surface area contributed by atoms with Gasteiger partial charge in [-0.3, -0.25) is 25.7 Å². The van der Waals surface area contributed by atoms with E-state index in [1.807, 2.05) is 0 Å². The smallest absolute Gasteiger partial charge is 0.271 e. The third-order valence-electron chi connectivity index (χ3n) is 4.68. The molecule has 0 amide bonds. The van der Waals surface area contributed by atoms with Crippen LogP contribution in [0.25, 0.3) is 0 Å². The van der Waals surface area contributed by atoms with E-state index < -0.39 is 25.6 Å². The summed E-state index contributed by atoms with van der Waals surface area (Å²) in [5.74, 6) is 0. The molecule has 2 aromatic carbocycles. The van der Waals surface area contributed by atoms with Gasteiger partial charge >= 0.3 is 0 Å². The first kappa shape index (κ1) is 23.9. The lowest BCUT2D eigenvalue weighted by Gasteiger charge is -2.18. The summed E-state index contributed by atoms with van der Waals surface area (Å²) in [7, 11) is -3.86. The van der Waals surface area contributed by atoms with Gasteiger partial charge < -0.3 is 0 Å². The summed E-state index contributed by atoms with van der Waals surface area (Å²) in [4.78, 5) is 21.2. The van der Waals surface area contributed by atoms with Crippen molar-refractivity contribution in [1.82, 2.24) is 4.31 Å². The van der Waals surface area contributed by atoms with Gasteiger partial charge in [0.2, 0.25) is 10.0 Å². The molecule has 2 aromatic rings. The molecule has 0 aromatic heterocycles. The van der Waals surface area contributed by atoms with E-state index in [4.69, 9.17) is 0 Å². The molecule has 0 atom stereocenters. The third-order valence-corrected chi connectivity index (χ3v) is 6.72. The molecule has 2 rings (SSSR count). The zero-order valence-corrected chi connectivity index (χ0v) is 18.3. The average Bonchev–Trinajstić information content (AvgIpc) is 2.72. The molecule has 1 N–H and O–H groups in total. The molecular weight excluding hydrogens is 426 g/mol. The Morgan fingerprint density at radius 1 is 1.03 bits per heavy atom. The quantitative estimate of drug-likeness (QED) is 0.349. The van der Waals surface area contributed by atoms with Gasteiger partial charge in [0.1, 0.15) is 5.69 Å². The average molecular weight is 449 g/mol. The molecule has 0 bridgehead atoms. The number of benzene rings is 2. The number of hydrogen-bond acceptors (Lipinski definition) is 8. The third kappa shape index (κ3) is 5.22. The van der Waals surface area contributed by atoms with Crippen LogP contribution in [-0.2, 0) is 10.0 Å². The van der Waals surface area contributed by atoms with Crippen LogP contribution in [0.15, 0.2) is 46.4 Å². The Hall–Kier alpha value is -3.38. The molecule has 31 heavy (non-hydrogen) atoms. The summed E-state index contributed by atoms with van der Waals surface area (Å²) >= 11 is 0. The fourth-order valence-corrected chi connectivity index (χ4v) is 4.35. The van der Waals surface area contributed by atoms with Crippen molar-refractivity contribution in [3.63, 3.8) is 0 Å². The number of hydrazone groups is 1. The monoisotopic (exact) mass is 449 g/mol. The van der Waals surface area contributed by atoms with Crippen molar-refractivity contribution in [3.05, 3.63) is 67.8 Å². The normalized spacial score (nSPS) is 12.1. The lowest BCUT2D eigenvalue weighted by Crippen LogP contribution is -2.30. The lowest BCUT2D eigenvalue weighted by atomic mass is 10.1. The number of aryl methyl sites for hydroxylation is 1. The van der Waals surface area contributed by atoms with Crippen LogP contribution in [0, 0.1) is 27.2 Å². The highest BCUT2D eigenvalue weighted by Crippen LogP contribution is 2.29. The van der Waals surface area contributed by atoms with E-state index in [1.165, 1.54) is 22.5 Å². The van der Waals surface area contributed by atoms with E-state index in [-0.39, 0.29) is 29.4 Å². The van der Waals surface area contributed by atoms with Crippen molar-refractivity contribution in [2.45, 2.75) is 32.6 Å². The van der Waals surface area contributed by atoms with Gasteiger partial charge in [-0.2, -0.15) is 9.41 Å². The molecule has 0 fully saturated rings. The molecule has 11 nitrogen and oxygen atoms in total. The number of nitrogens with one attached hydrogen (secondary N) is 1. The zero-order valence-electron chi connectivity index (χ0n) is 17.5. The van der Waals surface area contributed by atoms with Crippen molar-refractivity contribution in [1.29, 1.82) is 0 Å². The minimum Gasteiger partial charge on any atom is -0.271 e. The second-order valence-electron chi connectivity index (χ2n) is 6.59. The number of nitro benzene ring substituents is 2. The molecular formula is C19H23N5O6S. The molecule has 0 saturated heterocycles. The maximum atomic E-state index is 12.6. The van der Waals surface area contributed by atoms with Gasteiger partial charge in [-0.25, -0.2) is 8.42 Å². The maximum Gasteiger partial charge on any atom is 0.295 e. The Labute approximate surface area is 179 Å². The summed E-state index contributed by atoms with van der Waals surface area (Å²) in [6.07, 6.45) is 0. The Morgan fingerprint density at radius 3 is 2.19 bits per heavy atom. The van der Waals surface area contributed by atoms with Crippen LogP contribution in [-0.4, -0.2) is 41.4 Å². The fourth-order valence-electron chi connectivity index (χ4n) is 2.87. The van der Waals surface area contributed by atoms with Gasteiger partial charge in [0, 0.05) is 36.3 Å². The van der Waals surface area contributed by atoms with Crippen LogP contribution in [0.3, 0.4) is 0 Å². The maximum absolute atomic E-state index is 12.6. The van der Waals surface area contributed by atoms with E-state index in [0.29, 0.717) is 16.8 Å². The molecule has 0 unspecified atom stereocenters. The minimum atomic E-state index is -3.86. The Morgan fingerprint density at radius 2 is 1.65 bits per heavy atom. The second-order valence-corrected chi connectivity index (χ2v) is 8.53. The zero-order chi connectivity index (χ0) is 23.3. The van der Waals surface area contributed by atoms with Crippen molar-refractivity contribution in [2.75, 3.05) is 18.5 Å². The van der Waals surface area contributed by atoms with Crippen molar-refractivity contribution in [2.24, 2.45) is 5.10 Å². The molecule has 0 heterocycles. The largest absolute Gasteiger partial charge is 0.295 e. The highest BCUT2D eigenvalue weighted by Gasteiger charge is 2.25. The van der Waals surface area contributed by atoms with Gasteiger partial charge in [-0.1, -0.05) is 26.0 Å². The predicted molar refractivity (Wildman–Crippen MR) is 117 cm³/mol. The summed E-state index contributed by atoms with van der Waals surface area (Å²) < 4.78 is 26.5. The van der Waals surface area contributed by atoms with E-state index in [2.05, 4.69) is 10.5 Å². The molecule has 12 heteroatoms. The van der Waals surface area contributed by atoms with Gasteiger partial charge in [0.05, 0.1) is 20.5 Å². The predicted octanol–water partition coefficient (Wildman–Crippen LogP) is 3.68. The minimum absolute atomic E-state index is 0.00976. The Kier molecular flexibility index (Phi) is 7.41. The first-order valence-electron chi connectivity index (χ1n) is 9.37. The molecule has 0 aliphatic heterocycles.